The van der Waals surface area contributed by atoms with Gasteiger partial charge >= 0.3 is 5.97 Å². The van der Waals surface area contributed by atoms with Crippen molar-refractivity contribution in [1.29, 1.82) is 0 Å². The van der Waals surface area contributed by atoms with Gasteiger partial charge in [0.15, 0.2) is 12.6 Å². The summed E-state index contributed by atoms with van der Waals surface area (Å²) in [7, 11) is 5.36. The Morgan fingerprint density at radius 2 is 1.56 bits per heavy atom. The zero-order valence-corrected chi connectivity index (χ0v) is 32.6. The summed E-state index contributed by atoms with van der Waals surface area (Å²) in [5, 5.41) is 45.9. The normalized spacial score (nSPS) is 52.6. The van der Waals surface area contributed by atoms with Crippen LogP contribution in [0.2, 0.25) is 0 Å². The van der Waals surface area contributed by atoms with Crippen molar-refractivity contribution in [2.45, 2.75) is 185 Å². The van der Waals surface area contributed by atoms with Crippen LogP contribution in [-0.4, -0.2) is 143 Å². The summed E-state index contributed by atoms with van der Waals surface area (Å²) in [5.41, 5.74) is -3.76. The Morgan fingerprint density at radius 3 is 2.14 bits per heavy atom. The molecule has 0 saturated carbocycles. The van der Waals surface area contributed by atoms with Crippen molar-refractivity contribution in [3.05, 3.63) is 0 Å². The van der Waals surface area contributed by atoms with Gasteiger partial charge in [-0.1, -0.05) is 27.7 Å². The van der Waals surface area contributed by atoms with E-state index in [1.807, 2.05) is 46.7 Å². The number of esters is 1. The van der Waals surface area contributed by atoms with E-state index in [2.05, 4.69) is 6.92 Å². The van der Waals surface area contributed by atoms with E-state index >= 15 is 0 Å². The molecule has 4 saturated heterocycles. The van der Waals surface area contributed by atoms with Crippen LogP contribution in [0.4, 0.5) is 0 Å². The molecule has 0 radical (unpaired) electrons. The number of likely N-dealkylation sites (N-methyl/N-ethyl adjacent to an activating group) is 1. The second-order valence-corrected chi connectivity index (χ2v) is 16.8. The number of methoxy groups -OCH3 is 1. The highest BCUT2D eigenvalue weighted by Crippen LogP contribution is 2.48. The Labute approximate surface area is 299 Å². The van der Waals surface area contributed by atoms with E-state index in [-0.39, 0.29) is 30.9 Å². The number of fused-ring (bicyclic) bond motifs is 2. The average molecular weight is 718 g/mol. The van der Waals surface area contributed by atoms with Crippen LogP contribution in [-0.2, 0) is 38.0 Å². The van der Waals surface area contributed by atoms with Crippen molar-refractivity contribution in [3.63, 3.8) is 0 Å². The minimum Gasteiger partial charge on any atom is -0.459 e. The molecule has 4 heterocycles. The molecule has 0 aromatic carbocycles. The first-order chi connectivity index (χ1) is 23.1. The van der Waals surface area contributed by atoms with Gasteiger partial charge in [-0.05, 0) is 80.8 Å². The molecule has 4 fully saturated rings. The van der Waals surface area contributed by atoms with Crippen molar-refractivity contribution in [2.75, 3.05) is 21.2 Å². The zero-order chi connectivity index (χ0) is 37.7. The van der Waals surface area contributed by atoms with Gasteiger partial charge in [-0.15, -0.1) is 0 Å². The lowest BCUT2D eigenvalue weighted by atomic mass is 9.76. The second-order valence-electron chi connectivity index (χ2n) is 16.8. The first-order valence-electron chi connectivity index (χ1n) is 18.6. The minimum absolute atomic E-state index is 0.0572. The number of aliphatic hydroxyl groups is 4. The number of hydrogen-bond donors (Lipinski definition) is 4. The smallest absolute Gasteiger partial charge is 0.311 e. The van der Waals surface area contributed by atoms with Crippen LogP contribution in [0.25, 0.3) is 0 Å². The molecule has 0 aromatic rings. The summed E-state index contributed by atoms with van der Waals surface area (Å²) >= 11 is 0. The Morgan fingerprint density at radius 1 is 0.920 bits per heavy atom. The third kappa shape index (κ3) is 8.08. The van der Waals surface area contributed by atoms with Gasteiger partial charge in [0.2, 0.25) is 0 Å². The largest absolute Gasteiger partial charge is 0.459 e. The van der Waals surface area contributed by atoms with Gasteiger partial charge in [0.25, 0.3) is 0 Å². The van der Waals surface area contributed by atoms with Crippen molar-refractivity contribution in [3.8, 4) is 0 Å². The molecule has 13 heteroatoms. The molecule has 13 nitrogen and oxygen atoms in total. The van der Waals surface area contributed by atoms with Crippen LogP contribution < -0.4 is 0 Å². The lowest BCUT2D eigenvalue weighted by Gasteiger charge is -2.48. The predicted molar refractivity (Wildman–Crippen MR) is 184 cm³/mol. The molecule has 0 spiro atoms. The van der Waals surface area contributed by atoms with Gasteiger partial charge in [0.05, 0.1) is 53.7 Å². The predicted octanol–water partition coefficient (Wildman–Crippen LogP) is 2.62. The number of hydrogen-bond acceptors (Lipinski definition) is 13. The number of cyclic esters (lactones) is 1. The molecule has 19 atom stereocenters. The molecule has 4 aliphatic heterocycles. The molecule has 2 bridgehead atoms. The van der Waals surface area contributed by atoms with Crippen LogP contribution in [0.15, 0.2) is 0 Å². The molecule has 0 aliphatic carbocycles. The molecule has 50 heavy (non-hydrogen) atoms. The van der Waals surface area contributed by atoms with Crippen molar-refractivity contribution in [2.24, 2.45) is 23.7 Å². The van der Waals surface area contributed by atoms with Crippen molar-refractivity contribution in [1.82, 2.24) is 4.90 Å². The van der Waals surface area contributed by atoms with E-state index in [1.54, 1.807) is 27.7 Å². The highest BCUT2D eigenvalue weighted by Gasteiger charge is 2.58. The first kappa shape index (κ1) is 41.8. The number of carbonyl (C=O) groups is 1. The summed E-state index contributed by atoms with van der Waals surface area (Å²) in [6.07, 6.45) is -7.51. The van der Waals surface area contributed by atoms with Crippen LogP contribution in [0.3, 0.4) is 0 Å². The van der Waals surface area contributed by atoms with Crippen molar-refractivity contribution >= 4 is 5.97 Å². The van der Waals surface area contributed by atoms with E-state index < -0.39 is 102 Å². The van der Waals surface area contributed by atoms with Crippen LogP contribution >= 0.6 is 0 Å². The topological polar surface area (TPSA) is 166 Å². The Bertz CT molecular complexity index is 1140. The fraction of sp³-hybridized carbons (Fsp3) is 0.973. The molecule has 4 rings (SSSR count). The van der Waals surface area contributed by atoms with Crippen LogP contribution in [0.5, 0.6) is 0 Å². The lowest BCUT2D eigenvalue weighted by Crippen LogP contribution is -2.60. The highest BCUT2D eigenvalue weighted by molar-refractivity contribution is 5.73. The third-order valence-corrected chi connectivity index (χ3v) is 12.4. The summed E-state index contributed by atoms with van der Waals surface area (Å²) < 4.78 is 44.8. The van der Waals surface area contributed by atoms with Gasteiger partial charge in [-0.25, -0.2) is 0 Å². The van der Waals surface area contributed by atoms with E-state index in [4.69, 9.17) is 33.2 Å². The SMILES string of the molecule is CC[C@@H]1OC(=O)[C@H](C)[C@H](O[C@H]2C[C@](C)(OC)[C@H](O)[C@@H](C)O2)[C@H](C)[C@@H](O[C@@H]2O[C@H](C)C[C@H](N(C)C)[C@H]2O)[C@]2(C)C[C@@H](C)[C@H](O2)[C@H](C)[C@@H](O)[C@]1(C)O. The minimum atomic E-state index is -1.78. The number of carbonyl (C=O) groups excluding carboxylic acids is 1. The molecular formula is C37H67NO12. The Hall–Kier alpha value is -0.970. The van der Waals surface area contributed by atoms with E-state index in [0.717, 1.165) is 0 Å². The third-order valence-electron chi connectivity index (χ3n) is 12.4. The van der Waals surface area contributed by atoms with Crippen LogP contribution in [0, 0.1) is 23.7 Å². The standard InChI is InChI=1S/C37H67NO12/c1-14-25-37(10,43)30(40)20(4)28-18(2)16-36(9,50-28)32(49-34-27(39)24(38(11)12)15-19(3)45-34)21(5)29(22(6)33(42)47-25)48-26-17-35(8,44-13)31(41)23(7)46-26/h18-32,34,39-41,43H,14-17H2,1-13H3/t18-,19-,20+,21+,22-,23-,24+,25+,26+,27-,28+,29-,30-,31-,32-,34+,35+,36+,37-/m1/s1. The number of nitrogens with zero attached hydrogens (tertiary/aromatic N) is 1. The van der Waals surface area contributed by atoms with E-state index in [9.17, 15) is 25.2 Å². The fourth-order valence-corrected chi connectivity index (χ4v) is 9.20. The van der Waals surface area contributed by atoms with Crippen LogP contribution in [0.1, 0.15) is 94.9 Å². The van der Waals surface area contributed by atoms with Gasteiger partial charge in [-0.3, -0.25) is 4.79 Å². The average Bonchev–Trinajstić information content (AvgIpc) is 3.37. The summed E-state index contributed by atoms with van der Waals surface area (Å²) in [4.78, 5) is 16.1. The molecule has 4 aliphatic rings. The Kier molecular flexibility index (Phi) is 13.2. The maximum atomic E-state index is 14.1. The molecule has 0 aromatic heterocycles. The van der Waals surface area contributed by atoms with Crippen molar-refractivity contribution < 1.29 is 58.4 Å². The summed E-state index contributed by atoms with van der Waals surface area (Å²) in [6, 6.07) is -0.225. The maximum absolute atomic E-state index is 14.1. The van der Waals surface area contributed by atoms with Gasteiger partial charge in [0, 0.05) is 31.4 Å². The van der Waals surface area contributed by atoms with E-state index in [0.29, 0.717) is 12.8 Å². The first-order valence-corrected chi connectivity index (χ1v) is 18.6. The molecule has 4 N–H and O–H groups in total. The maximum Gasteiger partial charge on any atom is 0.311 e. The number of rotatable bonds is 7. The zero-order valence-electron chi connectivity index (χ0n) is 32.6. The monoisotopic (exact) mass is 717 g/mol. The van der Waals surface area contributed by atoms with Gasteiger partial charge < -0.3 is 58.5 Å². The highest BCUT2D eigenvalue weighted by atomic mass is 16.7. The fourth-order valence-electron chi connectivity index (χ4n) is 9.20. The molecular weight excluding hydrogens is 650 g/mol. The number of aliphatic hydroxyl groups excluding tert-OH is 3. The second kappa shape index (κ2) is 15.8. The van der Waals surface area contributed by atoms with E-state index in [1.165, 1.54) is 14.0 Å². The number of ether oxygens (including phenoxy) is 7. The summed E-state index contributed by atoms with van der Waals surface area (Å²) in [6.45, 7) is 18.3. The molecule has 292 valence electrons. The van der Waals surface area contributed by atoms with Gasteiger partial charge in [-0.2, -0.15) is 0 Å². The quantitative estimate of drug-likeness (QED) is 0.284. The van der Waals surface area contributed by atoms with Gasteiger partial charge in [0.1, 0.15) is 23.9 Å². The summed E-state index contributed by atoms with van der Waals surface area (Å²) in [5.74, 6) is -2.72. The molecule has 0 unspecified atom stereocenters. The Balaban J connectivity index is 1.83. The molecule has 0 amide bonds. The lowest BCUT2D eigenvalue weighted by molar-refractivity contribution is -0.318.